The summed E-state index contributed by atoms with van der Waals surface area (Å²) in [5.74, 6) is -6.96. The van der Waals surface area contributed by atoms with E-state index in [1.54, 1.807) is 0 Å². The predicted molar refractivity (Wildman–Crippen MR) is 39.3 cm³/mol. The lowest BCUT2D eigenvalue weighted by atomic mass is 10.0. The minimum absolute atomic E-state index is 0.0799. The third-order valence-electron chi connectivity index (χ3n) is 1.86. The van der Waals surface area contributed by atoms with Gasteiger partial charge in [-0.1, -0.05) is 0 Å². The summed E-state index contributed by atoms with van der Waals surface area (Å²) >= 11 is 0. The Labute approximate surface area is 85.9 Å². The largest absolute Gasteiger partial charge is 0.490 e. The van der Waals surface area contributed by atoms with Crippen LogP contribution in [0.3, 0.4) is 0 Å². The number of Topliss-reactive ketones (excluding diaryl/α,β-unsaturated/α-hetero) is 1. The average molecular weight is 248 g/mol. The maximum absolute atomic E-state index is 12.1. The molecule has 0 unspecified atom stereocenters. The van der Waals surface area contributed by atoms with Crippen molar-refractivity contribution in [3.63, 3.8) is 0 Å². The monoisotopic (exact) mass is 248 g/mol. The number of carbonyl (C=O) groups is 1. The molecule has 0 spiro atoms. The van der Waals surface area contributed by atoms with Gasteiger partial charge in [0.05, 0.1) is 6.61 Å². The lowest BCUT2D eigenvalue weighted by Gasteiger charge is -2.21. The lowest BCUT2D eigenvalue weighted by Crippen LogP contribution is -2.43. The van der Waals surface area contributed by atoms with Gasteiger partial charge in [0.2, 0.25) is 11.7 Å². The summed E-state index contributed by atoms with van der Waals surface area (Å²) in [6.07, 6.45) is -10.3. The summed E-state index contributed by atoms with van der Waals surface area (Å²) in [6, 6.07) is 0. The summed E-state index contributed by atoms with van der Waals surface area (Å²) in [4.78, 5) is 11.0. The van der Waals surface area contributed by atoms with Crippen molar-refractivity contribution in [2.24, 2.45) is 5.92 Å². The Hall–Kier alpha value is -1.21. The van der Waals surface area contributed by atoms with E-state index < -0.39 is 29.8 Å². The Bertz CT molecular complexity index is 299. The van der Waals surface area contributed by atoms with E-state index in [9.17, 15) is 31.1 Å². The zero-order valence-electron chi connectivity index (χ0n) is 7.65. The highest BCUT2D eigenvalue weighted by Crippen LogP contribution is 2.41. The first kappa shape index (κ1) is 12.9. The first-order chi connectivity index (χ1) is 7.14. The second kappa shape index (κ2) is 3.99. The molecule has 0 bridgehead atoms. The zero-order chi connectivity index (χ0) is 12.6. The molecule has 1 heterocycles. The minimum Gasteiger partial charge on any atom is -0.490 e. The number of hydrogen-bond acceptors (Lipinski definition) is 2. The lowest BCUT2D eigenvalue weighted by molar-refractivity contribution is -0.273. The SMILES string of the molecule is O=C(C1=CCCO1)C(C(F)(F)F)C(F)(F)F. The van der Waals surface area contributed by atoms with Crippen molar-refractivity contribution in [1.82, 2.24) is 0 Å². The molecule has 8 heteroatoms. The summed E-state index contributed by atoms with van der Waals surface area (Å²) in [5, 5.41) is 0. The number of halogens is 6. The Morgan fingerprint density at radius 1 is 1.19 bits per heavy atom. The smallest absolute Gasteiger partial charge is 0.407 e. The fourth-order valence-electron chi connectivity index (χ4n) is 1.21. The predicted octanol–water partition coefficient (Wildman–Crippen LogP) is 2.60. The van der Waals surface area contributed by atoms with E-state index in [0.29, 0.717) is 0 Å². The van der Waals surface area contributed by atoms with Crippen molar-refractivity contribution in [2.75, 3.05) is 6.61 Å². The van der Waals surface area contributed by atoms with Crippen LogP contribution < -0.4 is 0 Å². The van der Waals surface area contributed by atoms with Gasteiger partial charge in [0.15, 0.2) is 5.76 Å². The standard InChI is InChI=1S/C8H6F6O2/c9-7(10,11)6(8(12,13)14)5(15)4-2-1-3-16-4/h2,6H,1,3H2. The van der Waals surface area contributed by atoms with Crippen LogP contribution in [0.4, 0.5) is 26.3 Å². The molecule has 16 heavy (non-hydrogen) atoms. The van der Waals surface area contributed by atoms with Crippen LogP contribution in [0.2, 0.25) is 0 Å². The van der Waals surface area contributed by atoms with Crippen LogP contribution in [-0.4, -0.2) is 24.7 Å². The van der Waals surface area contributed by atoms with Gasteiger partial charge in [-0.2, -0.15) is 26.3 Å². The van der Waals surface area contributed by atoms with Crippen LogP contribution in [-0.2, 0) is 9.53 Å². The highest BCUT2D eigenvalue weighted by molar-refractivity contribution is 5.96. The molecule has 0 radical (unpaired) electrons. The van der Waals surface area contributed by atoms with Gasteiger partial charge >= 0.3 is 12.4 Å². The number of alkyl halides is 6. The summed E-state index contributed by atoms with van der Waals surface area (Å²) in [5.41, 5.74) is 0. The third-order valence-corrected chi connectivity index (χ3v) is 1.86. The van der Waals surface area contributed by atoms with Gasteiger partial charge in [0.1, 0.15) is 0 Å². The molecule has 0 N–H and O–H groups in total. The van der Waals surface area contributed by atoms with E-state index in [0.717, 1.165) is 6.08 Å². The second-order valence-corrected chi connectivity index (χ2v) is 3.09. The molecule has 92 valence electrons. The van der Waals surface area contributed by atoms with Gasteiger partial charge in [-0.15, -0.1) is 0 Å². The Kier molecular flexibility index (Phi) is 3.20. The summed E-state index contributed by atoms with van der Waals surface area (Å²) in [6.45, 7) is -0.0799. The molecule has 0 aromatic rings. The van der Waals surface area contributed by atoms with Crippen molar-refractivity contribution in [2.45, 2.75) is 18.8 Å². The Morgan fingerprint density at radius 3 is 2.00 bits per heavy atom. The molecule has 0 fully saturated rings. The molecule has 0 saturated carbocycles. The van der Waals surface area contributed by atoms with Crippen LogP contribution in [0, 0.1) is 5.92 Å². The summed E-state index contributed by atoms with van der Waals surface area (Å²) in [7, 11) is 0. The highest BCUT2D eigenvalue weighted by Gasteiger charge is 2.61. The number of allylic oxidation sites excluding steroid dienone is 1. The van der Waals surface area contributed by atoms with E-state index in [4.69, 9.17) is 0 Å². The van der Waals surface area contributed by atoms with E-state index in [1.807, 2.05) is 0 Å². The van der Waals surface area contributed by atoms with Crippen LogP contribution >= 0.6 is 0 Å². The fraction of sp³-hybridized carbons (Fsp3) is 0.625. The number of hydrogen-bond donors (Lipinski definition) is 0. The number of ketones is 1. The van der Waals surface area contributed by atoms with E-state index in [2.05, 4.69) is 4.74 Å². The molecule has 0 atom stereocenters. The maximum atomic E-state index is 12.1. The summed E-state index contributed by atoms with van der Waals surface area (Å²) < 4.78 is 77.0. The Balaban J connectivity index is 2.98. The molecule has 0 aliphatic carbocycles. The quantitative estimate of drug-likeness (QED) is 0.702. The van der Waals surface area contributed by atoms with Crippen molar-refractivity contribution < 1.29 is 35.9 Å². The van der Waals surface area contributed by atoms with E-state index in [-0.39, 0.29) is 13.0 Å². The van der Waals surface area contributed by atoms with Gasteiger partial charge in [0, 0.05) is 6.42 Å². The topological polar surface area (TPSA) is 26.3 Å². The molecular formula is C8H6F6O2. The van der Waals surface area contributed by atoms with Crippen LogP contribution in [0.1, 0.15) is 6.42 Å². The first-order valence-corrected chi connectivity index (χ1v) is 4.14. The third kappa shape index (κ3) is 2.67. The van der Waals surface area contributed by atoms with Gasteiger partial charge in [0.25, 0.3) is 0 Å². The van der Waals surface area contributed by atoms with Crippen LogP contribution in [0.15, 0.2) is 11.8 Å². The van der Waals surface area contributed by atoms with Gasteiger partial charge in [-0.3, -0.25) is 4.79 Å². The van der Waals surface area contributed by atoms with Gasteiger partial charge in [-0.05, 0) is 6.08 Å². The zero-order valence-corrected chi connectivity index (χ0v) is 7.65. The fourth-order valence-corrected chi connectivity index (χ4v) is 1.21. The van der Waals surface area contributed by atoms with Crippen molar-refractivity contribution >= 4 is 5.78 Å². The minimum atomic E-state index is -5.66. The van der Waals surface area contributed by atoms with E-state index >= 15 is 0 Å². The Morgan fingerprint density at radius 2 is 1.69 bits per heavy atom. The molecule has 0 aromatic heterocycles. The highest BCUT2D eigenvalue weighted by atomic mass is 19.4. The van der Waals surface area contributed by atoms with Crippen LogP contribution in [0.5, 0.6) is 0 Å². The van der Waals surface area contributed by atoms with Crippen molar-refractivity contribution in [1.29, 1.82) is 0 Å². The molecule has 1 aliphatic rings. The average Bonchev–Trinajstić information content (AvgIpc) is 2.48. The van der Waals surface area contributed by atoms with Gasteiger partial charge in [-0.25, -0.2) is 0 Å². The molecule has 1 rings (SSSR count). The molecule has 2 nitrogen and oxygen atoms in total. The molecule has 0 amide bonds. The maximum Gasteiger partial charge on any atom is 0.407 e. The second-order valence-electron chi connectivity index (χ2n) is 3.09. The van der Waals surface area contributed by atoms with Crippen molar-refractivity contribution in [3.8, 4) is 0 Å². The number of carbonyl (C=O) groups excluding carboxylic acids is 1. The molecule has 0 aromatic carbocycles. The molecule has 0 saturated heterocycles. The van der Waals surface area contributed by atoms with Crippen LogP contribution in [0.25, 0.3) is 0 Å². The normalized spacial score (nSPS) is 17.3. The molecular weight excluding hydrogens is 242 g/mol. The number of rotatable bonds is 2. The number of ether oxygens (including phenoxy) is 1. The first-order valence-electron chi connectivity index (χ1n) is 4.14. The molecule has 1 aliphatic heterocycles. The van der Waals surface area contributed by atoms with E-state index in [1.165, 1.54) is 0 Å². The van der Waals surface area contributed by atoms with Gasteiger partial charge < -0.3 is 4.74 Å². The van der Waals surface area contributed by atoms with Crippen molar-refractivity contribution in [3.05, 3.63) is 11.8 Å².